The molecule has 0 N–H and O–H groups in total. The third-order valence-electron chi connectivity index (χ3n) is 4.78. The van der Waals surface area contributed by atoms with E-state index in [1.807, 2.05) is 0 Å². The van der Waals surface area contributed by atoms with Crippen molar-refractivity contribution in [1.29, 1.82) is 0 Å². The fourth-order valence-electron chi connectivity index (χ4n) is 3.90. The molecule has 3 aliphatic rings. The van der Waals surface area contributed by atoms with Crippen LogP contribution in [0.4, 0.5) is 0 Å². The van der Waals surface area contributed by atoms with Gasteiger partial charge in [-0.1, -0.05) is 72.9 Å². The van der Waals surface area contributed by atoms with Gasteiger partial charge in [0.15, 0.2) is 0 Å². The van der Waals surface area contributed by atoms with Crippen LogP contribution in [-0.2, 0) is 0 Å². The maximum absolute atomic E-state index is 2.39. The first kappa shape index (κ1) is 10.4. The molecule has 2 atom stereocenters. The summed E-state index contributed by atoms with van der Waals surface area (Å²) in [6.07, 6.45) is 16.0. The SMILES string of the molecule is C1=CC2=Cc3ccc4cccc5c4c3C(C=C5)C2C=C1. The lowest BCUT2D eigenvalue weighted by atomic mass is 9.69. The predicted molar refractivity (Wildman–Crippen MR) is 85.5 cm³/mol. The van der Waals surface area contributed by atoms with E-state index in [1.165, 1.54) is 33.0 Å². The molecule has 94 valence electrons. The average molecular weight is 254 g/mol. The van der Waals surface area contributed by atoms with Crippen LogP contribution in [0.25, 0.3) is 22.9 Å². The number of allylic oxidation sites excluding steroid dienone is 6. The van der Waals surface area contributed by atoms with Crippen LogP contribution in [0, 0.1) is 5.92 Å². The number of benzene rings is 2. The quantitative estimate of drug-likeness (QED) is 0.614. The van der Waals surface area contributed by atoms with E-state index in [1.54, 1.807) is 0 Å². The molecule has 0 radical (unpaired) electrons. The van der Waals surface area contributed by atoms with E-state index >= 15 is 0 Å². The van der Waals surface area contributed by atoms with Gasteiger partial charge in [0.2, 0.25) is 0 Å². The minimum absolute atomic E-state index is 0.491. The summed E-state index contributed by atoms with van der Waals surface area (Å²) in [4.78, 5) is 0. The summed E-state index contributed by atoms with van der Waals surface area (Å²) < 4.78 is 0. The Labute approximate surface area is 118 Å². The Kier molecular flexibility index (Phi) is 1.88. The minimum atomic E-state index is 0.491. The van der Waals surface area contributed by atoms with Crippen molar-refractivity contribution in [2.45, 2.75) is 5.92 Å². The highest BCUT2D eigenvalue weighted by Crippen LogP contribution is 2.47. The summed E-state index contributed by atoms with van der Waals surface area (Å²) in [5, 5.41) is 2.82. The van der Waals surface area contributed by atoms with Crippen molar-refractivity contribution >= 4 is 22.9 Å². The van der Waals surface area contributed by atoms with Crippen LogP contribution in [0.5, 0.6) is 0 Å². The van der Waals surface area contributed by atoms with Crippen LogP contribution in [0.2, 0.25) is 0 Å². The molecule has 0 aromatic heterocycles. The minimum Gasteiger partial charge on any atom is -0.0761 e. The summed E-state index contributed by atoms with van der Waals surface area (Å²) in [5.41, 5.74) is 5.72. The molecule has 3 aliphatic carbocycles. The van der Waals surface area contributed by atoms with Crippen molar-refractivity contribution in [2.24, 2.45) is 5.92 Å². The van der Waals surface area contributed by atoms with E-state index < -0.39 is 0 Å². The first-order valence-electron chi connectivity index (χ1n) is 7.22. The maximum Gasteiger partial charge on any atom is 0.0137 e. The topological polar surface area (TPSA) is 0 Å². The molecule has 0 saturated heterocycles. The second kappa shape index (κ2) is 3.61. The Morgan fingerprint density at radius 1 is 0.750 bits per heavy atom. The van der Waals surface area contributed by atoms with E-state index in [-0.39, 0.29) is 0 Å². The molecular formula is C20H14. The Hall–Kier alpha value is -2.34. The van der Waals surface area contributed by atoms with Crippen LogP contribution in [0.15, 0.2) is 66.3 Å². The molecule has 0 bridgehead atoms. The number of hydrogen-bond acceptors (Lipinski definition) is 0. The van der Waals surface area contributed by atoms with Gasteiger partial charge in [0.1, 0.15) is 0 Å². The Morgan fingerprint density at radius 2 is 1.75 bits per heavy atom. The monoisotopic (exact) mass is 254 g/mol. The van der Waals surface area contributed by atoms with Crippen molar-refractivity contribution in [3.8, 4) is 0 Å². The molecule has 0 fully saturated rings. The summed E-state index contributed by atoms with van der Waals surface area (Å²) in [6, 6.07) is 11.1. The van der Waals surface area contributed by atoms with E-state index in [4.69, 9.17) is 0 Å². The van der Waals surface area contributed by atoms with Crippen molar-refractivity contribution in [3.63, 3.8) is 0 Å². The molecule has 2 aromatic rings. The molecule has 5 rings (SSSR count). The van der Waals surface area contributed by atoms with Crippen LogP contribution in [0.3, 0.4) is 0 Å². The molecule has 0 saturated carbocycles. The van der Waals surface area contributed by atoms with Crippen LogP contribution in [-0.4, -0.2) is 0 Å². The highest BCUT2D eigenvalue weighted by atomic mass is 14.3. The summed E-state index contributed by atoms with van der Waals surface area (Å²) in [6.45, 7) is 0. The van der Waals surface area contributed by atoms with Gasteiger partial charge in [-0.2, -0.15) is 0 Å². The van der Waals surface area contributed by atoms with Gasteiger partial charge in [0.05, 0.1) is 0 Å². The Balaban J connectivity index is 1.93. The molecule has 2 unspecified atom stereocenters. The van der Waals surface area contributed by atoms with Gasteiger partial charge in [0.25, 0.3) is 0 Å². The fraction of sp³-hybridized carbons (Fsp3) is 0.100. The second-order valence-electron chi connectivity index (χ2n) is 5.81. The zero-order chi connectivity index (χ0) is 13.1. The third-order valence-corrected chi connectivity index (χ3v) is 4.78. The van der Waals surface area contributed by atoms with Crippen molar-refractivity contribution in [3.05, 3.63) is 83.0 Å². The number of fused-ring (bicyclic) bond motifs is 2. The van der Waals surface area contributed by atoms with Crippen LogP contribution >= 0.6 is 0 Å². The molecule has 0 aliphatic heterocycles. The molecule has 0 spiro atoms. The number of rotatable bonds is 0. The second-order valence-corrected chi connectivity index (χ2v) is 5.81. The average Bonchev–Trinajstić information content (AvgIpc) is 2.52. The van der Waals surface area contributed by atoms with E-state index in [0.29, 0.717) is 11.8 Å². The first-order chi connectivity index (χ1) is 9.92. The molecule has 2 aromatic carbocycles. The van der Waals surface area contributed by atoms with E-state index in [0.717, 1.165) is 0 Å². The van der Waals surface area contributed by atoms with E-state index in [9.17, 15) is 0 Å². The largest absolute Gasteiger partial charge is 0.0761 e. The van der Waals surface area contributed by atoms with E-state index in [2.05, 4.69) is 72.9 Å². The van der Waals surface area contributed by atoms with Crippen LogP contribution < -0.4 is 0 Å². The van der Waals surface area contributed by atoms with Gasteiger partial charge in [-0.3, -0.25) is 0 Å². The summed E-state index contributed by atoms with van der Waals surface area (Å²) >= 11 is 0. The molecule has 0 nitrogen and oxygen atoms in total. The molecule has 20 heavy (non-hydrogen) atoms. The lowest BCUT2D eigenvalue weighted by molar-refractivity contribution is 0.676. The van der Waals surface area contributed by atoms with Gasteiger partial charge in [-0.25, -0.2) is 0 Å². The standard InChI is InChI=1S/C20H14/c1-2-7-17-15(4-1)12-16-9-8-13-5-3-6-14-10-11-18(17)20(16)19(13)14/h1-12,17-18H. The van der Waals surface area contributed by atoms with Gasteiger partial charge < -0.3 is 0 Å². The molecular weight excluding hydrogens is 240 g/mol. The van der Waals surface area contributed by atoms with Crippen molar-refractivity contribution in [2.75, 3.05) is 0 Å². The predicted octanol–water partition coefficient (Wildman–Crippen LogP) is 5.09. The Bertz CT molecular complexity index is 859. The molecule has 0 heterocycles. The highest BCUT2D eigenvalue weighted by Gasteiger charge is 2.31. The fourth-order valence-corrected chi connectivity index (χ4v) is 3.90. The highest BCUT2D eigenvalue weighted by molar-refractivity contribution is 5.98. The first-order valence-corrected chi connectivity index (χ1v) is 7.22. The zero-order valence-electron chi connectivity index (χ0n) is 11.1. The summed E-state index contributed by atoms with van der Waals surface area (Å²) in [5.74, 6) is 0.993. The lowest BCUT2D eigenvalue weighted by Gasteiger charge is -2.34. The molecule has 0 amide bonds. The smallest absolute Gasteiger partial charge is 0.0137 e. The Morgan fingerprint density at radius 3 is 2.75 bits per heavy atom. The summed E-state index contributed by atoms with van der Waals surface area (Å²) in [7, 11) is 0. The zero-order valence-corrected chi connectivity index (χ0v) is 11.1. The van der Waals surface area contributed by atoms with Crippen molar-refractivity contribution in [1.82, 2.24) is 0 Å². The van der Waals surface area contributed by atoms with Crippen LogP contribution in [0.1, 0.15) is 22.6 Å². The van der Waals surface area contributed by atoms with Gasteiger partial charge in [-0.05, 0) is 33.0 Å². The normalized spacial score (nSPS) is 24.7. The number of hydrogen-bond donors (Lipinski definition) is 0. The van der Waals surface area contributed by atoms with Gasteiger partial charge >= 0.3 is 0 Å². The maximum atomic E-state index is 2.39. The molecule has 0 heteroatoms. The third kappa shape index (κ3) is 1.21. The lowest BCUT2D eigenvalue weighted by Crippen LogP contribution is -2.19. The van der Waals surface area contributed by atoms with Gasteiger partial charge in [-0.15, -0.1) is 0 Å². The van der Waals surface area contributed by atoms with Gasteiger partial charge in [0, 0.05) is 11.8 Å². The van der Waals surface area contributed by atoms with Crippen molar-refractivity contribution < 1.29 is 0 Å².